The predicted octanol–water partition coefficient (Wildman–Crippen LogP) is 2.91. The number of hydrogen-bond acceptors (Lipinski definition) is 3. The van der Waals surface area contributed by atoms with Crippen molar-refractivity contribution in [3.05, 3.63) is 21.6 Å². The van der Waals surface area contributed by atoms with Gasteiger partial charge in [-0.15, -0.1) is 0 Å². The van der Waals surface area contributed by atoms with Crippen LogP contribution in [0.2, 0.25) is 5.02 Å². The lowest BCUT2D eigenvalue weighted by molar-refractivity contribution is 0.309. The smallest absolute Gasteiger partial charge is 0.287 e. The van der Waals surface area contributed by atoms with Crippen molar-refractivity contribution in [3.63, 3.8) is 0 Å². The van der Waals surface area contributed by atoms with E-state index >= 15 is 0 Å². The Morgan fingerprint density at radius 1 is 1.56 bits per heavy atom. The molecule has 1 aliphatic rings. The zero-order valence-electron chi connectivity index (χ0n) is 10.9. The molecule has 0 aliphatic heterocycles. The van der Waals surface area contributed by atoms with E-state index in [1.165, 1.54) is 4.68 Å². The summed E-state index contributed by atoms with van der Waals surface area (Å²) in [6.07, 6.45) is 5.91. The van der Waals surface area contributed by atoms with E-state index in [0.717, 1.165) is 31.6 Å². The summed E-state index contributed by atoms with van der Waals surface area (Å²) in [6, 6.07) is 0.435. The Hall–Kier alpha value is -1.03. The number of nitrogens with zero attached hydrogens (tertiary/aromatic N) is 2. The van der Waals surface area contributed by atoms with E-state index in [9.17, 15) is 4.79 Å². The molecule has 4 nitrogen and oxygen atoms in total. The number of anilines is 1. The maximum atomic E-state index is 12.0. The Balaban J connectivity index is 2.08. The van der Waals surface area contributed by atoms with Gasteiger partial charge in [-0.05, 0) is 25.2 Å². The maximum Gasteiger partial charge on any atom is 0.287 e. The molecule has 100 valence electrons. The second-order valence-corrected chi connectivity index (χ2v) is 5.55. The molecule has 0 radical (unpaired) electrons. The Labute approximate surface area is 112 Å². The van der Waals surface area contributed by atoms with Gasteiger partial charge in [-0.1, -0.05) is 31.9 Å². The largest absolute Gasteiger partial charge is 0.380 e. The molecule has 0 aromatic carbocycles. The lowest BCUT2D eigenvalue weighted by Crippen LogP contribution is -2.35. The number of halogens is 1. The highest BCUT2D eigenvalue weighted by atomic mass is 35.5. The first-order valence-electron chi connectivity index (χ1n) is 6.64. The van der Waals surface area contributed by atoms with Gasteiger partial charge in [0.05, 0.1) is 11.9 Å². The van der Waals surface area contributed by atoms with Crippen LogP contribution >= 0.6 is 11.6 Å². The Morgan fingerprint density at radius 3 is 2.89 bits per heavy atom. The Morgan fingerprint density at radius 2 is 2.28 bits per heavy atom. The van der Waals surface area contributed by atoms with E-state index in [1.807, 2.05) is 0 Å². The SMILES string of the molecule is CCCCn1ncc(NC2CC(C)C2)c(Cl)c1=O. The average Bonchev–Trinajstić information content (AvgIpc) is 2.32. The molecule has 5 heteroatoms. The summed E-state index contributed by atoms with van der Waals surface area (Å²) in [6.45, 7) is 4.94. The van der Waals surface area contributed by atoms with Crippen molar-refractivity contribution in [2.24, 2.45) is 5.92 Å². The molecular formula is C13H20ClN3O. The van der Waals surface area contributed by atoms with Crippen LogP contribution in [-0.4, -0.2) is 15.8 Å². The number of aromatic nitrogens is 2. The Bertz CT molecular complexity index is 466. The highest BCUT2D eigenvalue weighted by Crippen LogP contribution is 2.30. The third-order valence-corrected chi connectivity index (χ3v) is 3.81. The van der Waals surface area contributed by atoms with Crippen LogP contribution in [0.5, 0.6) is 0 Å². The van der Waals surface area contributed by atoms with Crippen molar-refractivity contribution < 1.29 is 0 Å². The molecule has 1 aromatic rings. The summed E-state index contributed by atoms with van der Waals surface area (Å²) in [7, 11) is 0. The molecule has 2 rings (SSSR count). The van der Waals surface area contributed by atoms with E-state index in [1.54, 1.807) is 6.20 Å². The van der Waals surface area contributed by atoms with Crippen LogP contribution in [0.4, 0.5) is 5.69 Å². The van der Waals surface area contributed by atoms with E-state index in [4.69, 9.17) is 11.6 Å². The molecule has 1 aromatic heterocycles. The molecule has 0 spiro atoms. The van der Waals surface area contributed by atoms with Crippen LogP contribution in [-0.2, 0) is 6.54 Å². The number of nitrogens with one attached hydrogen (secondary N) is 1. The molecule has 1 saturated carbocycles. The second kappa shape index (κ2) is 5.74. The quantitative estimate of drug-likeness (QED) is 0.894. The van der Waals surface area contributed by atoms with Gasteiger partial charge in [0.1, 0.15) is 5.02 Å². The predicted molar refractivity (Wildman–Crippen MR) is 74.2 cm³/mol. The standard InChI is InChI=1S/C13H20ClN3O/c1-3-4-5-17-13(18)12(14)11(8-15-17)16-10-6-9(2)7-10/h8-10,16H,3-7H2,1-2H3. The van der Waals surface area contributed by atoms with Crippen LogP contribution in [0.15, 0.2) is 11.0 Å². The molecule has 18 heavy (non-hydrogen) atoms. The minimum absolute atomic E-state index is 0.192. The normalized spacial score (nSPS) is 22.6. The minimum atomic E-state index is -0.192. The lowest BCUT2D eigenvalue weighted by atomic mass is 9.82. The molecule has 1 fully saturated rings. The van der Waals surface area contributed by atoms with E-state index in [0.29, 0.717) is 18.3 Å². The van der Waals surface area contributed by atoms with Gasteiger partial charge in [-0.25, -0.2) is 4.68 Å². The van der Waals surface area contributed by atoms with Crippen LogP contribution < -0.4 is 10.9 Å². The summed E-state index contributed by atoms with van der Waals surface area (Å²) in [4.78, 5) is 12.0. The van der Waals surface area contributed by atoms with Crippen molar-refractivity contribution in [1.82, 2.24) is 9.78 Å². The topological polar surface area (TPSA) is 46.9 Å². The van der Waals surface area contributed by atoms with Gasteiger partial charge in [0.25, 0.3) is 5.56 Å². The van der Waals surface area contributed by atoms with Crippen molar-refractivity contribution in [2.45, 2.75) is 52.1 Å². The van der Waals surface area contributed by atoms with E-state index < -0.39 is 0 Å². The zero-order valence-corrected chi connectivity index (χ0v) is 11.7. The van der Waals surface area contributed by atoms with Gasteiger partial charge >= 0.3 is 0 Å². The highest BCUT2D eigenvalue weighted by molar-refractivity contribution is 6.32. The van der Waals surface area contributed by atoms with Gasteiger partial charge in [0.15, 0.2) is 0 Å². The molecule has 0 bridgehead atoms. The van der Waals surface area contributed by atoms with Gasteiger partial charge in [0, 0.05) is 12.6 Å². The molecule has 1 N–H and O–H groups in total. The minimum Gasteiger partial charge on any atom is -0.380 e. The highest BCUT2D eigenvalue weighted by Gasteiger charge is 2.26. The first-order chi connectivity index (χ1) is 8.61. The molecule has 0 atom stereocenters. The average molecular weight is 270 g/mol. The van der Waals surface area contributed by atoms with Crippen LogP contribution in [0, 0.1) is 5.92 Å². The molecule has 0 unspecified atom stereocenters. The first-order valence-corrected chi connectivity index (χ1v) is 7.01. The molecule has 0 amide bonds. The summed E-state index contributed by atoms with van der Waals surface area (Å²) in [5.41, 5.74) is 0.480. The lowest BCUT2D eigenvalue weighted by Gasteiger charge is -2.34. The van der Waals surface area contributed by atoms with Crippen LogP contribution in [0.3, 0.4) is 0 Å². The van der Waals surface area contributed by atoms with Gasteiger partial charge < -0.3 is 5.32 Å². The Kier molecular flexibility index (Phi) is 4.27. The van der Waals surface area contributed by atoms with Crippen molar-refractivity contribution in [3.8, 4) is 0 Å². The number of hydrogen-bond donors (Lipinski definition) is 1. The fraction of sp³-hybridized carbons (Fsp3) is 0.692. The van der Waals surface area contributed by atoms with Gasteiger partial charge in [-0.2, -0.15) is 5.10 Å². The summed E-state index contributed by atoms with van der Waals surface area (Å²) >= 11 is 6.10. The number of unbranched alkanes of at least 4 members (excludes halogenated alkanes) is 1. The van der Waals surface area contributed by atoms with Crippen molar-refractivity contribution in [2.75, 3.05) is 5.32 Å². The van der Waals surface area contributed by atoms with Crippen molar-refractivity contribution >= 4 is 17.3 Å². The number of aryl methyl sites for hydroxylation is 1. The van der Waals surface area contributed by atoms with E-state index in [2.05, 4.69) is 24.3 Å². The third kappa shape index (κ3) is 2.86. The monoisotopic (exact) mass is 269 g/mol. The van der Waals surface area contributed by atoms with Gasteiger partial charge in [-0.3, -0.25) is 4.79 Å². The second-order valence-electron chi connectivity index (χ2n) is 5.17. The van der Waals surface area contributed by atoms with Crippen LogP contribution in [0.1, 0.15) is 39.5 Å². The molecule has 1 heterocycles. The first kappa shape index (κ1) is 13.4. The van der Waals surface area contributed by atoms with E-state index in [-0.39, 0.29) is 10.6 Å². The molecular weight excluding hydrogens is 250 g/mol. The third-order valence-electron chi connectivity index (χ3n) is 3.44. The fourth-order valence-corrected chi connectivity index (χ4v) is 2.47. The molecule has 1 aliphatic carbocycles. The summed E-state index contributed by atoms with van der Waals surface area (Å²) in [5, 5.41) is 7.72. The number of rotatable bonds is 5. The summed E-state index contributed by atoms with van der Waals surface area (Å²) < 4.78 is 1.44. The van der Waals surface area contributed by atoms with Crippen molar-refractivity contribution in [1.29, 1.82) is 0 Å². The zero-order chi connectivity index (χ0) is 13.1. The molecule has 0 saturated heterocycles. The maximum absolute atomic E-state index is 12.0. The van der Waals surface area contributed by atoms with Crippen LogP contribution in [0.25, 0.3) is 0 Å². The summed E-state index contributed by atoms with van der Waals surface area (Å²) in [5.74, 6) is 0.763. The fourth-order valence-electron chi connectivity index (χ4n) is 2.27. The van der Waals surface area contributed by atoms with Gasteiger partial charge in [0.2, 0.25) is 0 Å².